The molecule has 0 atom stereocenters. The first-order chi connectivity index (χ1) is 9.54. The van der Waals surface area contributed by atoms with E-state index in [4.69, 9.17) is 9.26 Å². The van der Waals surface area contributed by atoms with E-state index in [1.54, 1.807) is 6.07 Å². The first kappa shape index (κ1) is 14.1. The van der Waals surface area contributed by atoms with E-state index in [1.165, 1.54) is 7.11 Å². The molecule has 106 valence electrons. The van der Waals surface area contributed by atoms with Crippen LogP contribution < -0.4 is 4.90 Å². The molecule has 2 rings (SSSR count). The number of carbonyl (C=O) groups excluding carboxylic acids is 1. The van der Waals surface area contributed by atoms with Crippen molar-refractivity contribution in [3.8, 4) is 0 Å². The van der Waals surface area contributed by atoms with Gasteiger partial charge in [-0.1, -0.05) is 17.3 Å². The second-order valence-corrected chi connectivity index (χ2v) is 4.67. The molecule has 5 nitrogen and oxygen atoms in total. The molecule has 20 heavy (non-hydrogen) atoms. The number of carbonyl (C=O) groups is 1. The third-order valence-electron chi connectivity index (χ3n) is 3.30. The van der Waals surface area contributed by atoms with Crippen molar-refractivity contribution in [3.05, 3.63) is 46.8 Å². The number of benzene rings is 1. The Morgan fingerprint density at radius 1 is 1.35 bits per heavy atom. The lowest BCUT2D eigenvalue weighted by molar-refractivity contribution is 0.0601. The Kier molecular flexibility index (Phi) is 4.08. The Labute approximate surface area is 118 Å². The average molecular weight is 274 g/mol. The topological polar surface area (TPSA) is 55.6 Å². The van der Waals surface area contributed by atoms with Gasteiger partial charge in [-0.2, -0.15) is 0 Å². The third kappa shape index (κ3) is 2.66. The minimum Gasteiger partial charge on any atom is -0.465 e. The fraction of sp³-hybridized carbons (Fsp3) is 0.333. The molecule has 0 spiro atoms. The number of para-hydroxylation sites is 1. The summed E-state index contributed by atoms with van der Waals surface area (Å²) >= 11 is 0. The van der Waals surface area contributed by atoms with Gasteiger partial charge >= 0.3 is 5.97 Å². The first-order valence-electron chi connectivity index (χ1n) is 6.34. The number of anilines is 1. The monoisotopic (exact) mass is 274 g/mol. The van der Waals surface area contributed by atoms with Gasteiger partial charge in [-0.05, 0) is 26.0 Å². The van der Waals surface area contributed by atoms with Crippen molar-refractivity contribution in [2.45, 2.75) is 20.4 Å². The molecule has 1 heterocycles. The molecule has 0 N–H and O–H groups in total. The molecule has 2 aromatic rings. The second-order valence-electron chi connectivity index (χ2n) is 4.67. The fourth-order valence-electron chi connectivity index (χ4n) is 2.14. The molecule has 0 aliphatic rings. The van der Waals surface area contributed by atoms with Crippen LogP contribution in [0.4, 0.5) is 5.69 Å². The van der Waals surface area contributed by atoms with Crippen molar-refractivity contribution in [1.82, 2.24) is 5.16 Å². The Balaban J connectivity index is 2.30. The van der Waals surface area contributed by atoms with Gasteiger partial charge in [-0.3, -0.25) is 0 Å². The predicted molar refractivity (Wildman–Crippen MR) is 75.9 cm³/mol. The van der Waals surface area contributed by atoms with E-state index >= 15 is 0 Å². The molecule has 1 aromatic heterocycles. The summed E-state index contributed by atoms with van der Waals surface area (Å²) in [6, 6.07) is 7.36. The minimum absolute atomic E-state index is 0.341. The van der Waals surface area contributed by atoms with Gasteiger partial charge in [0.05, 0.1) is 24.1 Å². The summed E-state index contributed by atoms with van der Waals surface area (Å²) in [5, 5.41) is 3.94. The van der Waals surface area contributed by atoms with E-state index in [2.05, 4.69) is 5.16 Å². The summed E-state index contributed by atoms with van der Waals surface area (Å²) in [5.41, 5.74) is 3.26. The van der Waals surface area contributed by atoms with Crippen LogP contribution in [-0.4, -0.2) is 25.3 Å². The van der Waals surface area contributed by atoms with Gasteiger partial charge in [-0.25, -0.2) is 4.79 Å². The maximum absolute atomic E-state index is 11.8. The molecule has 0 amide bonds. The maximum Gasteiger partial charge on any atom is 0.339 e. The number of esters is 1. The van der Waals surface area contributed by atoms with Crippen LogP contribution in [0.2, 0.25) is 0 Å². The van der Waals surface area contributed by atoms with Crippen LogP contribution in [-0.2, 0) is 11.3 Å². The number of hydrogen-bond donors (Lipinski definition) is 0. The molecule has 0 unspecified atom stereocenters. The van der Waals surface area contributed by atoms with Crippen molar-refractivity contribution in [1.29, 1.82) is 0 Å². The number of methoxy groups -OCH3 is 1. The number of nitrogens with zero attached hydrogens (tertiary/aromatic N) is 2. The largest absolute Gasteiger partial charge is 0.465 e. The van der Waals surface area contributed by atoms with Gasteiger partial charge in [0.2, 0.25) is 0 Å². The van der Waals surface area contributed by atoms with Gasteiger partial charge in [-0.15, -0.1) is 0 Å². The van der Waals surface area contributed by atoms with Crippen LogP contribution in [0.1, 0.15) is 27.4 Å². The van der Waals surface area contributed by atoms with Crippen LogP contribution >= 0.6 is 0 Å². The summed E-state index contributed by atoms with van der Waals surface area (Å²) in [6.07, 6.45) is 0. The molecular formula is C15H18N2O3. The molecule has 1 aromatic carbocycles. The lowest BCUT2D eigenvalue weighted by atomic mass is 10.1. The molecule has 0 radical (unpaired) electrons. The lowest BCUT2D eigenvalue weighted by Crippen LogP contribution is -2.20. The van der Waals surface area contributed by atoms with E-state index < -0.39 is 0 Å². The summed E-state index contributed by atoms with van der Waals surface area (Å²) in [5.74, 6) is 0.455. The zero-order valence-corrected chi connectivity index (χ0v) is 12.1. The highest BCUT2D eigenvalue weighted by molar-refractivity contribution is 5.95. The third-order valence-corrected chi connectivity index (χ3v) is 3.30. The number of aromatic nitrogens is 1. The molecule has 0 saturated heterocycles. The molecule has 0 fully saturated rings. The normalized spacial score (nSPS) is 10.4. The summed E-state index contributed by atoms with van der Waals surface area (Å²) < 4.78 is 9.98. The quantitative estimate of drug-likeness (QED) is 0.802. The van der Waals surface area contributed by atoms with E-state index in [0.29, 0.717) is 12.1 Å². The molecule has 0 saturated carbocycles. The van der Waals surface area contributed by atoms with Gasteiger partial charge in [0.1, 0.15) is 5.76 Å². The zero-order chi connectivity index (χ0) is 14.7. The summed E-state index contributed by atoms with van der Waals surface area (Å²) in [6.45, 7) is 4.41. The van der Waals surface area contributed by atoms with Crippen LogP contribution in [0.5, 0.6) is 0 Å². The Morgan fingerprint density at radius 3 is 2.65 bits per heavy atom. The number of rotatable bonds is 4. The summed E-state index contributed by atoms with van der Waals surface area (Å²) in [4.78, 5) is 13.8. The van der Waals surface area contributed by atoms with Gasteiger partial charge in [0.25, 0.3) is 0 Å². The van der Waals surface area contributed by atoms with Crippen LogP contribution in [0.3, 0.4) is 0 Å². The Morgan fingerprint density at radius 2 is 2.05 bits per heavy atom. The maximum atomic E-state index is 11.8. The summed E-state index contributed by atoms with van der Waals surface area (Å²) in [7, 11) is 3.31. The molecule has 0 aliphatic heterocycles. The highest BCUT2D eigenvalue weighted by Crippen LogP contribution is 2.23. The second kappa shape index (κ2) is 5.77. The minimum atomic E-state index is -0.341. The average Bonchev–Trinajstić information content (AvgIpc) is 2.78. The number of ether oxygens (including phenoxy) is 1. The highest BCUT2D eigenvalue weighted by Gasteiger charge is 2.17. The number of aryl methyl sites for hydroxylation is 2. The molecular weight excluding hydrogens is 256 g/mol. The van der Waals surface area contributed by atoms with E-state index in [0.717, 1.165) is 22.7 Å². The van der Waals surface area contributed by atoms with Crippen molar-refractivity contribution in [3.63, 3.8) is 0 Å². The Bertz CT molecular complexity index is 600. The van der Waals surface area contributed by atoms with E-state index in [1.807, 2.05) is 44.0 Å². The van der Waals surface area contributed by atoms with Crippen LogP contribution in [0.25, 0.3) is 0 Å². The zero-order valence-electron chi connectivity index (χ0n) is 12.1. The van der Waals surface area contributed by atoms with Gasteiger partial charge in [0, 0.05) is 19.2 Å². The van der Waals surface area contributed by atoms with Crippen molar-refractivity contribution >= 4 is 11.7 Å². The number of hydrogen-bond acceptors (Lipinski definition) is 5. The van der Waals surface area contributed by atoms with Crippen molar-refractivity contribution < 1.29 is 14.1 Å². The van der Waals surface area contributed by atoms with Crippen molar-refractivity contribution in [2.75, 3.05) is 19.1 Å². The predicted octanol–water partition coefficient (Wildman–Crippen LogP) is 2.71. The van der Waals surface area contributed by atoms with Crippen LogP contribution in [0, 0.1) is 13.8 Å². The van der Waals surface area contributed by atoms with Crippen molar-refractivity contribution in [2.24, 2.45) is 0 Å². The molecule has 0 aliphatic carbocycles. The lowest BCUT2D eigenvalue weighted by Gasteiger charge is -2.21. The molecule has 0 bridgehead atoms. The SMILES string of the molecule is COC(=O)c1ccccc1N(C)Cc1c(C)noc1C. The standard InChI is InChI=1S/C15H18N2O3/c1-10-13(11(2)20-16-10)9-17(3)14-8-6-5-7-12(14)15(18)19-4/h5-8H,9H2,1-4H3. The van der Waals surface area contributed by atoms with Crippen LogP contribution in [0.15, 0.2) is 28.8 Å². The molecule has 5 heteroatoms. The van der Waals surface area contributed by atoms with E-state index in [-0.39, 0.29) is 5.97 Å². The Hall–Kier alpha value is -2.30. The highest BCUT2D eigenvalue weighted by atomic mass is 16.5. The van der Waals surface area contributed by atoms with E-state index in [9.17, 15) is 4.79 Å². The smallest absolute Gasteiger partial charge is 0.339 e. The van der Waals surface area contributed by atoms with Gasteiger partial charge in [0.15, 0.2) is 0 Å². The fourth-order valence-corrected chi connectivity index (χ4v) is 2.14. The first-order valence-corrected chi connectivity index (χ1v) is 6.34. The van der Waals surface area contributed by atoms with Gasteiger partial charge < -0.3 is 14.2 Å².